The molecule has 6 heteroatoms. The van der Waals surface area contributed by atoms with Gasteiger partial charge in [-0.3, -0.25) is 4.79 Å². The predicted octanol–water partition coefficient (Wildman–Crippen LogP) is 2.02. The molecule has 1 rings (SSSR count). The topological polar surface area (TPSA) is 73.9 Å². The highest BCUT2D eigenvalue weighted by Gasteiger charge is 2.20. The number of nitrogens with one attached hydrogen (secondary N) is 1. The van der Waals surface area contributed by atoms with Crippen molar-refractivity contribution in [3.8, 4) is 11.5 Å². The molecular formula is C16H23NO5. The van der Waals surface area contributed by atoms with E-state index in [4.69, 9.17) is 14.2 Å². The van der Waals surface area contributed by atoms with Gasteiger partial charge in [0.25, 0.3) is 5.91 Å². The van der Waals surface area contributed by atoms with Gasteiger partial charge in [0.1, 0.15) is 17.1 Å². The van der Waals surface area contributed by atoms with Crippen LogP contribution in [0.3, 0.4) is 0 Å². The number of hydrogen-bond acceptors (Lipinski definition) is 5. The zero-order chi connectivity index (χ0) is 16.5. The van der Waals surface area contributed by atoms with E-state index in [-0.39, 0.29) is 18.1 Å². The van der Waals surface area contributed by atoms with Crippen molar-refractivity contribution >= 4 is 11.9 Å². The van der Waals surface area contributed by atoms with Gasteiger partial charge >= 0.3 is 5.97 Å². The Hall–Kier alpha value is -2.24. The summed E-state index contributed by atoms with van der Waals surface area (Å²) in [6.45, 7) is 4.37. The van der Waals surface area contributed by atoms with Crippen LogP contribution in [0.15, 0.2) is 18.2 Å². The first-order valence-corrected chi connectivity index (χ1v) is 7.14. The van der Waals surface area contributed by atoms with Gasteiger partial charge < -0.3 is 19.5 Å². The van der Waals surface area contributed by atoms with E-state index in [1.807, 2.05) is 0 Å². The first-order valence-electron chi connectivity index (χ1n) is 7.14. The van der Waals surface area contributed by atoms with E-state index >= 15 is 0 Å². The predicted molar refractivity (Wildman–Crippen MR) is 82.3 cm³/mol. The van der Waals surface area contributed by atoms with Crippen LogP contribution in [0.1, 0.15) is 30.6 Å². The minimum Gasteiger partial charge on any atom is -0.496 e. The van der Waals surface area contributed by atoms with Crippen molar-refractivity contribution in [2.45, 2.75) is 20.3 Å². The van der Waals surface area contributed by atoms with Crippen molar-refractivity contribution in [3.05, 3.63) is 23.8 Å². The number of ether oxygens (including phenoxy) is 3. The number of esters is 1. The van der Waals surface area contributed by atoms with Crippen LogP contribution >= 0.6 is 0 Å². The molecule has 22 heavy (non-hydrogen) atoms. The average Bonchev–Trinajstić information content (AvgIpc) is 2.51. The third-order valence-corrected chi connectivity index (χ3v) is 3.01. The van der Waals surface area contributed by atoms with Crippen LogP contribution in [0, 0.1) is 5.92 Å². The summed E-state index contributed by atoms with van der Waals surface area (Å²) in [5.74, 6) is 0.186. The van der Waals surface area contributed by atoms with Gasteiger partial charge in [-0.05, 0) is 24.5 Å². The Kier molecular flexibility index (Phi) is 7.22. The van der Waals surface area contributed by atoms with E-state index in [0.29, 0.717) is 24.0 Å². The Balaban J connectivity index is 2.60. The molecule has 0 bridgehead atoms. The van der Waals surface area contributed by atoms with Crippen molar-refractivity contribution in [2.24, 2.45) is 5.92 Å². The summed E-state index contributed by atoms with van der Waals surface area (Å²) in [5, 5.41) is 2.70. The Labute approximate surface area is 130 Å². The molecule has 0 aliphatic heterocycles. The second-order valence-electron chi connectivity index (χ2n) is 5.15. The van der Waals surface area contributed by atoms with Gasteiger partial charge in [-0.2, -0.15) is 0 Å². The second kappa shape index (κ2) is 8.92. The molecule has 0 atom stereocenters. The van der Waals surface area contributed by atoms with Gasteiger partial charge in [-0.15, -0.1) is 0 Å². The number of carbonyl (C=O) groups excluding carboxylic acids is 2. The van der Waals surface area contributed by atoms with E-state index in [2.05, 4.69) is 19.2 Å². The lowest BCUT2D eigenvalue weighted by molar-refractivity contribution is -0.124. The summed E-state index contributed by atoms with van der Waals surface area (Å²) in [6.07, 6.45) is 0.875. The second-order valence-corrected chi connectivity index (χ2v) is 5.15. The Morgan fingerprint density at radius 1 is 1.14 bits per heavy atom. The maximum Gasteiger partial charge on any atom is 0.346 e. The van der Waals surface area contributed by atoms with Crippen LogP contribution in [0.25, 0.3) is 0 Å². The standard InChI is InChI=1S/C16H23NO5/c1-11(2)8-9-17-14(18)10-22-16(19)15-12(20-3)6-5-7-13(15)21-4/h5-7,11H,8-10H2,1-4H3,(H,17,18). The summed E-state index contributed by atoms with van der Waals surface area (Å²) in [7, 11) is 2.90. The third-order valence-electron chi connectivity index (χ3n) is 3.01. The molecule has 6 nitrogen and oxygen atoms in total. The molecule has 1 aromatic rings. The molecule has 122 valence electrons. The Morgan fingerprint density at radius 3 is 2.23 bits per heavy atom. The monoisotopic (exact) mass is 309 g/mol. The smallest absolute Gasteiger partial charge is 0.346 e. The fraction of sp³-hybridized carbons (Fsp3) is 0.500. The van der Waals surface area contributed by atoms with Crippen molar-refractivity contribution in [2.75, 3.05) is 27.4 Å². The lowest BCUT2D eigenvalue weighted by Gasteiger charge is -2.12. The van der Waals surface area contributed by atoms with Crippen molar-refractivity contribution in [1.29, 1.82) is 0 Å². The number of methoxy groups -OCH3 is 2. The minimum absolute atomic E-state index is 0.169. The van der Waals surface area contributed by atoms with Crippen LogP contribution < -0.4 is 14.8 Å². The summed E-state index contributed by atoms with van der Waals surface area (Å²) in [5.41, 5.74) is 0.169. The first-order chi connectivity index (χ1) is 10.5. The van der Waals surface area contributed by atoms with Gasteiger partial charge in [0.05, 0.1) is 14.2 Å². The van der Waals surface area contributed by atoms with Crippen molar-refractivity contribution < 1.29 is 23.8 Å². The average molecular weight is 309 g/mol. The largest absolute Gasteiger partial charge is 0.496 e. The number of rotatable bonds is 8. The molecule has 0 saturated heterocycles. The van der Waals surface area contributed by atoms with Crippen LogP contribution in [0.4, 0.5) is 0 Å². The molecule has 0 aliphatic carbocycles. The maximum atomic E-state index is 12.1. The molecule has 1 N–H and O–H groups in total. The van der Waals surface area contributed by atoms with Crippen LogP contribution in [0.5, 0.6) is 11.5 Å². The molecule has 0 saturated carbocycles. The molecule has 0 aromatic heterocycles. The van der Waals surface area contributed by atoms with E-state index in [0.717, 1.165) is 6.42 Å². The lowest BCUT2D eigenvalue weighted by Crippen LogP contribution is -2.30. The van der Waals surface area contributed by atoms with Crippen LogP contribution in [0.2, 0.25) is 0 Å². The normalized spacial score (nSPS) is 10.2. The van der Waals surface area contributed by atoms with E-state index < -0.39 is 5.97 Å². The summed E-state index contributed by atoms with van der Waals surface area (Å²) >= 11 is 0. The highest BCUT2D eigenvalue weighted by molar-refractivity contribution is 5.96. The molecule has 0 aliphatic rings. The number of hydrogen-bond donors (Lipinski definition) is 1. The Morgan fingerprint density at radius 2 is 1.73 bits per heavy atom. The Bertz CT molecular complexity index is 491. The van der Waals surface area contributed by atoms with E-state index in [1.165, 1.54) is 14.2 Å². The molecular weight excluding hydrogens is 286 g/mol. The maximum absolute atomic E-state index is 12.1. The van der Waals surface area contributed by atoms with Gasteiger partial charge in [0.15, 0.2) is 6.61 Å². The molecule has 0 spiro atoms. The number of amides is 1. The summed E-state index contributed by atoms with van der Waals surface area (Å²) in [6, 6.07) is 4.96. The quantitative estimate of drug-likeness (QED) is 0.744. The molecule has 0 heterocycles. The molecule has 0 fully saturated rings. The van der Waals surface area contributed by atoms with Gasteiger partial charge in [-0.1, -0.05) is 19.9 Å². The van der Waals surface area contributed by atoms with Gasteiger partial charge in [0.2, 0.25) is 0 Å². The zero-order valence-corrected chi connectivity index (χ0v) is 13.5. The first kappa shape index (κ1) is 17.8. The van der Waals surface area contributed by atoms with E-state index in [1.54, 1.807) is 18.2 Å². The number of carbonyl (C=O) groups is 2. The molecule has 1 aromatic carbocycles. The van der Waals surface area contributed by atoms with Crippen molar-refractivity contribution in [3.63, 3.8) is 0 Å². The minimum atomic E-state index is -0.659. The summed E-state index contributed by atoms with van der Waals surface area (Å²) < 4.78 is 15.3. The molecule has 0 unspecified atom stereocenters. The third kappa shape index (κ3) is 5.27. The van der Waals surface area contributed by atoms with Gasteiger partial charge in [-0.25, -0.2) is 4.79 Å². The van der Waals surface area contributed by atoms with Crippen molar-refractivity contribution in [1.82, 2.24) is 5.32 Å². The van der Waals surface area contributed by atoms with E-state index in [9.17, 15) is 9.59 Å². The highest BCUT2D eigenvalue weighted by Crippen LogP contribution is 2.28. The number of benzene rings is 1. The molecule has 0 radical (unpaired) electrons. The van der Waals surface area contributed by atoms with Crippen LogP contribution in [-0.2, 0) is 9.53 Å². The molecule has 1 amide bonds. The SMILES string of the molecule is COc1cccc(OC)c1C(=O)OCC(=O)NCCC(C)C. The van der Waals surface area contributed by atoms with Gasteiger partial charge in [0, 0.05) is 6.54 Å². The fourth-order valence-electron chi connectivity index (χ4n) is 1.81. The fourth-order valence-corrected chi connectivity index (χ4v) is 1.81. The van der Waals surface area contributed by atoms with Crippen LogP contribution in [-0.4, -0.2) is 39.2 Å². The lowest BCUT2D eigenvalue weighted by atomic mass is 10.1. The highest BCUT2D eigenvalue weighted by atomic mass is 16.5. The zero-order valence-electron chi connectivity index (χ0n) is 13.5. The summed E-state index contributed by atoms with van der Waals surface area (Å²) in [4.78, 5) is 23.7.